The van der Waals surface area contributed by atoms with Crippen molar-refractivity contribution in [2.45, 2.75) is 83.0 Å². The molecule has 0 amide bonds. The summed E-state index contributed by atoms with van der Waals surface area (Å²) >= 11 is 0. The van der Waals surface area contributed by atoms with E-state index in [1.54, 1.807) is 0 Å². The molecule has 0 bridgehead atoms. The van der Waals surface area contributed by atoms with Gasteiger partial charge in [-0.25, -0.2) is 4.79 Å². The number of rotatable bonds is 14. The van der Waals surface area contributed by atoms with Crippen LogP contribution >= 0.6 is 0 Å². The van der Waals surface area contributed by atoms with Crippen molar-refractivity contribution in [3.8, 4) is 0 Å². The van der Waals surface area contributed by atoms with E-state index in [0.717, 1.165) is 19.3 Å². The lowest BCUT2D eigenvalue weighted by atomic mass is 9.73. The second-order valence-electron chi connectivity index (χ2n) is 7.79. The van der Waals surface area contributed by atoms with Gasteiger partial charge < -0.3 is 30.3 Å². The molecule has 1 rings (SSSR count). The third-order valence-electron chi connectivity index (χ3n) is 5.82. The lowest BCUT2D eigenvalue weighted by Gasteiger charge is -2.39. The summed E-state index contributed by atoms with van der Waals surface area (Å²) in [5.41, 5.74) is 0. The van der Waals surface area contributed by atoms with Crippen LogP contribution in [0.5, 0.6) is 0 Å². The molecule has 0 radical (unpaired) electrons. The van der Waals surface area contributed by atoms with Gasteiger partial charge in [0.1, 0.15) is 0 Å². The quantitative estimate of drug-likeness (QED) is 0.285. The highest BCUT2D eigenvalue weighted by Crippen LogP contribution is 2.34. The molecule has 0 aromatic carbocycles. The Bertz CT molecular complexity index is 398. The van der Waals surface area contributed by atoms with Crippen LogP contribution in [0.3, 0.4) is 0 Å². The number of hydrogen-bond donors (Lipinski definition) is 5. The first-order chi connectivity index (χ1) is 12.9. The van der Waals surface area contributed by atoms with Crippen molar-refractivity contribution in [3.05, 3.63) is 0 Å². The molecular weight excluding hydrogens is 352 g/mol. The van der Waals surface area contributed by atoms with Gasteiger partial charge in [0.25, 0.3) is 0 Å². The lowest BCUT2D eigenvalue weighted by Crippen LogP contribution is -2.50. The van der Waals surface area contributed by atoms with Gasteiger partial charge >= 0.3 is 5.97 Å². The molecule has 27 heavy (non-hydrogen) atoms. The van der Waals surface area contributed by atoms with Crippen molar-refractivity contribution >= 4 is 5.97 Å². The van der Waals surface area contributed by atoms with E-state index in [2.05, 4.69) is 6.92 Å². The molecular formula is C20H38O7. The van der Waals surface area contributed by atoms with E-state index in [-0.39, 0.29) is 12.5 Å². The molecule has 5 atom stereocenters. The number of aliphatic carboxylic acids is 1. The van der Waals surface area contributed by atoms with E-state index in [1.165, 1.54) is 19.3 Å². The summed E-state index contributed by atoms with van der Waals surface area (Å²) in [5, 5.41) is 50.0. The van der Waals surface area contributed by atoms with Gasteiger partial charge in [-0.3, -0.25) is 0 Å². The number of carboxylic acids is 1. The third-order valence-corrected chi connectivity index (χ3v) is 5.82. The Morgan fingerprint density at radius 2 is 1.59 bits per heavy atom. The van der Waals surface area contributed by atoms with E-state index in [9.17, 15) is 25.2 Å². The van der Waals surface area contributed by atoms with Gasteiger partial charge in [0.2, 0.25) is 0 Å². The minimum Gasteiger partial charge on any atom is -0.479 e. The van der Waals surface area contributed by atoms with Gasteiger partial charge in [-0.2, -0.15) is 0 Å². The highest BCUT2D eigenvalue weighted by molar-refractivity contribution is 5.72. The van der Waals surface area contributed by atoms with Crippen molar-refractivity contribution in [2.24, 2.45) is 17.8 Å². The molecule has 0 spiro atoms. The Hall–Kier alpha value is -0.730. The average Bonchev–Trinajstić information content (AvgIpc) is 2.67. The normalized spacial score (nSPS) is 21.4. The number of aliphatic hydroxyl groups excluding tert-OH is 4. The SMILES string of the molecule is CCCCCCCC[C@H](CO)[C@@H](O)[C@H](C1CCOCC1)[C@@H](O)C(O)C(=O)O. The fraction of sp³-hybridized carbons (Fsp3) is 0.950. The summed E-state index contributed by atoms with van der Waals surface area (Å²) < 4.78 is 5.32. The maximum atomic E-state index is 11.1. The van der Waals surface area contributed by atoms with Gasteiger partial charge in [0.05, 0.1) is 12.2 Å². The molecule has 1 aliphatic heterocycles. The Morgan fingerprint density at radius 1 is 1.00 bits per heavy atom. The first kappa shape index (κ1) is 24.3. The van der Waals surface area contributed by atoms with Crippen molar-refractivity contribution in [2.75, 3.05) is 19.8 Å². The summed E-state index contributed by atoms with van der Waals surface area (Å²) in [6.07, 6.45) is 3.72. The predicted octanol–water partition coefficient (Wildman–Crippen LogP) is 1.56. The van der Waals surface area contributed by atoms with Crippen LogP contribution in [-0.2, 0) is 9.53 Å². The second-order valence-corrected chi connectivity index (χ2v) is 7.79. The molecule has 1 saturated heterocycles. The van der Waals surface area contributed by atoms with E-state index < -0.39 is 36.1 Å². The average molecular weight is 391 g/mol. The predicted molar refractivity (Wildman–Crippen MR) is 101 cm³/mol. The number of hydrogen-bond acceptors (Lipinski definition) is 6. The lowest BCUT2D eigenvalue weighted by molar-refractivity contribution is -0.163. The number of aliphatic hydroxyl groups is 4. The molecule has 1 unspecified atom stereocenters. The molecule has 0 aliphatic carbocycles. The van der Waals surface area contributed by atoms with Crippen LogP contribution in [0.1, 0.15) is 64.7 Å². The molecule has 7 heteroatoms. The van der Waals surface area contributed by atoms with E-state index >= 15 is 0 Å². The highest BCUT2D eigenvalue weighted by Gasteiger charge is 2.43. The van der Waals surface area contributed by atoms with Crippen LogP contribution in [0.25, 0.3) is 0 Å². The second kappa shape index (κ2) is 13.4. The molecule has 0 aromatic heterocycles. The Morgan fingerprint density at radius 3 is 2.15 bits per heavy atom. The zero-order valence-corrected chi connectivity index (χ0v) is 16.5. The monoisotopic (exact) mass is 390 g/mol. The van der Waals surface area contributed by atoms with Crippen LogP contribution in [0, 0.1) is 17.8 Å². The molecule has 1 heterocycles. The number of ether oxygens (including phenoxy) is 1. The maximum absolute atomic E-state index is 11.1. The van der Waals surface area contributed by atoms with Crippen molar-refractivity contribution in [3.63, 3.8) is 0 Å². The highest BCUT2D eigenvalue weighted by atomic mass is 16.5. The Labute approximate surface area is 162 Å². The molecule has 0 aromatic rings. The number of unbranched alkanes of at least 4 members (excludes halogenated alkanes) is 5. The van der Waals surface area contributed by atoms with Crippen LogP contribution in [-0.4, -0.2) is 69.6 Å². The van der Waals surface area contributed by atoms with Crippen molar-refractivity contribution < 1.29 is 35.1 Å². The largest absolute Gasteiger partial charge is 0.479 e. The topological polar surface area (TPSA) is 127 Å². The van der Waals surface area contributed by atoms with Crippen LogP contribution in [0.2, 0.25) is 0 Å². The van der Waals surface area contributed by atoms with Gasteiger partial charge in [0, 0.05) is 31.7 Å². The summed E-state index contributed by atoms with van der Waals surface area (Å²) in [6.45, 7) is 2.88. The van der Waals surface area contributed by atoms with E-state index in [1.807, 2.05) is 0 Å². The van der Waals surface area contributed by atoms with Crippen LogP contribution < -0.4 is 0 Å². The smallest absolute Gasteiger partial charge is 0.335 e. The van der Waals surface area contributed by atoms with Gasteiger partial charge in [-0.15, -0.1) is 0 Å². The molecule has 5 N–H and O–H groups in total. The van der Waals surface area contributed by atoms with Gasteiger partial charge in [-0.1, -0.05) is 45.4 Å². The first-order valence-electron chi connectivity index (χ1n) is 10.4. The summed E-state index contributed by atoms with van der Waals surface area (Å²) in [5.74, 6) is -2.92. The zero-order chi connectivity index (χ0) is 20.2. The third kappa shape index (κ3) is 8.03. The summed E-state index contributed by atoms with van der Waals surface area (Å²) in [7, 11) is 0. The fourth-order valence-corrected chi connectivity index (χ4v) is 4.09. The zero-order valence-electron chi connectivity index (χ0n) is 16.5. The molecule has 0 saturated carbocycles. The molecule has 160 valence electrons. The molecule has 7 nitrogen and oxygen atoms in total. The number of carboxylic acid groups (broad SMARTS) is 1. The minimum absolute atomic E-state index is 0.156. The maximum Gasteiger partial charge on any atom is 0.335 e. The van der Waals surface area contributed by atoms with Crippen LogP contribution in [0.4, 0.5) is 0 Å². The van der Waals surface area contributed by atoms with Crippen molar-refractivity contribution in [1.82, 2.24) is 0 Å². The van der Waals surface area contributed by atoms with Crippen molar-refractivity contribution in [1.29, 1.82) is 0 Å². The van der Waals surface area contributed by atoms with Gasteiger partial charge in [0.15, 0.2) is 6.10 Å². The Balaban J connectivity index is 2.73. The summed E-state index contributed by atoms with van der Waals surface area (Å²) in [4.78, 5) is 11.1. The minimum atomic E-state index is -1.96. The summed E-state index contributed by atoms with van der Waals surface area (Å²) in [6, 6.07) is 0. The standard InChI is InChI=1S/C20H38O7/c1-2-3-4-5-6-7-8-15(13-21)17(22)16(14-9-11-27-12-10-14)18(23)19(24)20(25)26/h14-19,21-24H,2-13H2,1H3,(H,25,26)/t15-,16+,17-,18-,19?/m1/s1. The molecule has 1 aliphatic rings. The number of carbonyl (C=O) groups is 1. The Kier molecular flexibility index (Phi) is 12.1. The fourth-order valence-electron chi connectivity index (χ4n) is 4.09. The first-order valence-corrected chi connectivity index (χ1v) is 10.4. The van der Waals surface area contributed by atoms with E-state index in [4.69, 9.17) is 9.84 Å². The van der Waals surface area contributed by atoms with Crippen LogP contribution in [0.15, 0.2) is 0 Å². The molecule has 1 fully saturated rings. The van der Waals surface area contributed by atoms with E-state index in [0.29, 0.717) is 32.5 Å². The van der Waals surface area contributed by atoms with Gasteiger partial charge in [-0.05, 0) is 25.2 Å².